The van der Waals surface area contributed by atoms with Gasteiger partial charge in [-0.05, 0) is 56.0 Å². The second-order valence-corrected chi connectivity index (χ2v) is 9.22. The van der Waals surface area contributed by atoms with Crippen LogP contribution < -0.4 is 14.8 Å². The van der Waals surface area contributed by atoms with Crippen LogP contribution in [0.5, 0.6) is 11.5 Å². The Hall–Kier alpha value is -3.93. The number of amidine groups is 1. The number of allylic oxidation sites excluding steroid dienone is 1. The van der Waals surface area contributed by atoms with Crippen LogP contribution in [0.15, 0.2) is 70.3 Å². The maximum atomic E-state index is 13.3. The van der Waals surface area contributed by atoms with Crippen molar-refractivity contribution in [2.75, 3.05) is 25.1 Å². The average molecular weight is 562 g/mol. The van der Waals surface area contributed by atoms with E-state index in [1.165, 1.54) is 30.0 Å². The molecule has 206 valence electrons. The molecule has 8 nitrogen and oxygen atoms in total. The molecule has 0 saturated carbocycles. The molecule has 4 rings (SSSR count). The lowest BCUT2D eigenvalue weighted by molar-refractivity contribution is -0.139. The van der Waals surface area contributed by atoms with Gasteiger partial charge in [0.2, 0.25) is 0 Å². The first-order chi connectivity index (χ1) is 18.6. The maximum absolute atomic E-state index is 13.3. The Balaban J connectivity index is 1.57. The number of hydrogen-bond donors (Lipinski definition) is 1. The molecule has 0 bridgehead atoms. The Morgan fingerprint density at radius 1 is 1.08 bits per heavy atom. The van der Waals surface area contributed by atoms with Gasteiger partial charge in [-0.2, -0.15) is 13.2 Å². The average Bonchev–Trinajstić information content (AvgIpc) is 3.35. The van der Waals surface area contributed by atoms with Crippen molar-refractivity contribution in [3.8, 4) is 11.5 Å². The first-order valence-electron chi connectivity index (χ1n) is 12.1. The summed E-state index contributed by atoms with van der Waals surface area (Å²) in [5.74, 6) is -0.732. The maximum Gasteiger partial charge on any atom is 0.418 e. The number of anilines is 1. The van der Waals surface area contributed by atoms with E-state index >= 15 is 0 Å². The fraction of sp³-hybridized carbons (Fsp3) is 0.296. The minimum Gasteiger partial charge on any atom is -0.490 e. The van der Waals surface area contributed by atoms with Crippen molar-refractivity contribution in [2.24, 2.45) is 4.99 Å². The van der Waals surface area contributed by atoms with E-state index in [2.05, 4.69) is 10.3 Å². The molecule has 0 spiro atoms. The van der Waals surface area contributed by atoms with Crippen LogP contribution in [0.2, 0.25) is 0 Å². The Morgan fingerprint density at radius 2 is 1.85 bits per heavy atom. The summed E-state index contributed by atoms with van der Waals surface area (Å²) in [5.41, 5.74) is 0.291. The zero-order valence-electron chi connectivity index (χ0n) is 21.4. The molecule has 0 fully saturated rings. The quantitative estimate of drug-likeness (QED) is 0.382. The number of benzene rings is 2. The van der Waals surface area contributed by atoms with Gasteiger partial charge in [-0.3, -0.25) is 4.79 Å². The van der Waals surface area contributed by atoms with Crippen LogP contribution in [0.25, 0.3) is 0 Å². The summed E-state index contributed by atoms with van der Waals surface area (Å²) >= 11 is 1.43. The highest BCUT2D eigenvalue weighted by Crippen LogP contribution is 2.43. The third-order valence-corrected chi connectivity index (χ3v) is 6.54. The number of para-hydroxylation sites is 1. The van der Waals surface area contributed by atoms with E-state index in [9.17, 15) is 22.8 Å². The third kappa shape index (κ3) is 6.22. The van der Waals surface area contributed by atoms with Crippen molar-refractivity contribution < 1.29 is 37.0 Å². The van der Waals surface area contributed by atoms with Crippen molar-refractivity contribution in [1.82, 2.24) is 4.90 Å². The number of carbonyl (C=O) groups excluding carboxylic acids is 2. The van der Waals surface area contributed by atoms with Gasteiger partial charge in [0, 0.05) is 6.20 Å². The van der Waals surface area contributed by atoms with Crippen molar-refractivity contribution >= 4 is 34.5 Å². The Bertz CT molecular complexity index is 1360. The minimum atomic E-state index is -4.62. The molecule has 0 aliphatic carbocycles. The number of aliphatic imine (C=N–C) groups is 1. The standard InChI is InChI=1S/C27H26F3N3O5S/c1-4-36-21-14-17(24-23(25(35)37-5-2)16(3)31-26-33(24)12-13-39-26)10-11-20(21)38-15-22(34)32-19-9-7-6-8-18(19)27(28,29)30/h6-14,24H,4-5,15H2,1-3H3,(H,32,34)/t24-/m0/s1. The first kappa shape index (κ1) is 28.1. The number of alkyl halides is 3. The van der Waals surface area contributed by atoms with E-state index in [1.807, 2.05) is 16.5 Å². The highest BCUT2D eigenvalue weighted by atomic mass is 32.2. The monoisotopic (exact) mass is 561 g/mol. The number of carbonyl (C=O) groups is 2. The summed E-state index contributed by atoms with van der Waals surface area (Å²) in [6.07, 6.45) is -2.79. The smallest absolute Gasteiger partial charge is 0.418 e. The van der Waals surface area contributed by atoms with Gasteiger partial charge in [0.05, 0.1) is 41.8 Å². The predicted octanol–water partition coefficient (Wildman–Crippen LogP) is 5.89. The molecule has 0 aromatic heterocycles. The summed E-state index contributed by atoms with van der Waals surface area (Å²) < 4.78 is 56.5. The number of nitrogens with zero attached hydrogens (tertiary/aromatic N) is 2. The molecular weight excluding hydrogens is 535 g/mol. The molecule has 0 unspecified atom stereocenters. The van der Waals surface area contributed by atoms with Gasteiger partial charge >= 0.3 is 12.1 Å². The molecule has 12 heteroatoms. The van der Waals surface area contributed by atoms with E-state index in [1.54, 1.807) is 39.0 Å². The lowest BCUT2D eigenvalue weighted by Gasteiger charge is -2.33. The second-order valence-electron chi connectivity index (χ2n) is 8.35. The zero-order valence-corrected chi connectivity index (χ0v) is 22.2. The molecule has 1 N–H and O–H groups in total. The summed E-state index contributed by atoms with van der Waals surface area (Å²) in [6, 6.07) is 9.17. The third-order valence-electron chi connectivity index (χ3n) is 5.76. The van der Waals surface area contributed by atoms with Crippen LogP contribution in [0, 0.1) is 0 Å². The number of rotatable bonds is 9. The molecule has 2 aromatic carbocycles. The van der Waals surface area contributed by atoms with Gasteiger partial charge in [-0.25, -0.2) is 9.79 Å². The molecular formula is C27H26F3N3O5S. The van der Waals surface area contributed by atoms with Crippen molar-refractivity contribution in [2.45, 2.75) is 33.0 Å². The second kappa shape index (κ2) is 11.9. The zero-order chi connectivity index (χ0) is 28.2. The topological polar surface area (TPSA) is 89.5 Å². The molecule has 1 amide bonds. The number of thioether (sulfide) groups is 1. The molecule has 2 heterocycles. The van der Waals surface area contributed by atoms with E-state index in [4.69, 9.17) is 14.2 Å². The van der Waals surface area contributed by atoms with E-state index in [0.29, 0.717) is 27.8 Å². The van der Waals surface area contributed by atoms with Gasteiger partial charge in [0.15, 0.2) is 23.3 Å². The van der Waals surface area contributed by atoms with Crippen molar-refractivity contribution in [1.29, 1.82) is 0 Å². The molecule has 0 saturated heterocycles. The number of esters is 1. The van der Waals surface area contributed by atoms with Crippen LogP contribution in [-0.4, -0.2) is 41.8 Å². The largest absolute Gasteiger partial charge is 0.490 e. The highest BCUT2D eigenvalue weighted by Gasteiger charge is 2.38. The number of fused-ring (bicyclic) bond motifs is 1. The SMILES string of the molecule is CCOC(=O)C1=C(C)N=C2SC=CN2[C@H]1c1ccc(OCC(=O)Nc2ccccc2C(F)(F)F)c(OCC)c1. The minimum absolute atomic E-state index is 0.204. The number of ether oxygens (including phenoxy) is 3. The fourth-order valence-corrected chi connectivity index (χ4v) is 4.94. The van der Waals surface area contributed by atoms with Crippen LogP contribution in [-0.2, 0) is 20.5 Å². The number of hydrogen-bond acceptors (Lipinski definition) is 8. The van der Waals surface area contributed by atoms with Crippen LogP contribution in [0.3, 0.4) is 0 Å². The molecule has 2 aromatic rings. The number of halogens is 3. The summed E-state index contributed by atoms with van der Waals surface area (Å²) in [7, 11) is 0. The predicted molar refractivity (Wildman–Crippen MR) is 141 cm³/mol. The van der Waals surface area contributed by atoms with E-state index in [0.717, 1.165) is 6.07 Å². The lowest BCUT2D eigenvalue weighted by atomic mass is 9.94. The van der Waals surface area contributed by atoms with Crippen LogP contribution >= 0.6 is 11.8 Å². The van der Waals surface area contributed by atoms with Crippen molar-refractivity contribution in [3.05, 3.63) is 76.5 Å². The summed E-state index contributed by atoms with van der Waals surface area (Å²) in [4.78, 5) is 31.8. The normalized spacial score (nSPS) is 16.5. The van der Waals surface area contributed by atoms with Gasteiger partial charge in [-0.1, -0.05) is 30.0 Å². The number of nitrogens with one attached hydrogen (secondary N) is 1. The van der Waals surface area contributed by atoms with Gasteiger partial charge in [0.1, 0.15) is 0 Å². The highest BCUT2D eigenvalue weighted by molar-refractivity contribution is 8.16. The Kier molecular flexibility index (Phi) is 8.54. The van der Waals surface area contributed by atoms with Gasteiger partial charge < -0.3 is 24.4 Å². The molecule has 1 atom stereocenters. The molecule has 0 radical (unpaired) electrons. The van der Waals surface area contributed by atoms with Crippen LogP contribution in [0.1, 0.15) is 37.9 Å². The molecule has 2 aliphatic rings. The Morgan fingerprint density at radius 3 is 2.56 bits per heavy atom. The molecule has 39 heavy (non-hydrogen) atoms. The van der Waals surface area contributed by atoms with Crippen molar-refractivity contribution in [3.63, 3.8) is 0 Å². The molecule has 2 aliphatic heterocycles. The van der Waals surface area contributed by atoms with E-state index in [-0.39, 0.29) is 24.7 Å². The lowest BCUT2D eigenvalue weighted by Crippen LogP contribution is -2.34. The van der Waals surface area contributed by atoms with E-state index < -0.39 is 36.3 Å². The number of amides is 1. The summed E-state index contributed by atoms with van der Waals surface area (Å²) in [5, 5.41) is 4.82. The van der Waals surface area contributed by atoms with Crippen LogP contribution in [0.4, 0.5) is 18.9 Å². The van der Waals surface area contributed by atoms with Gasteiger partial charge in [0.25, 0.3) is 5.91 Å². The Labute approximate surface area is 227 Å². The fourth-order valence-electron chi connectivity index (χ4n) is 4.15. The summed E-state index contributed by atoms with van der Waals surface area (Å²) in [6.45, 7) is 5.18. The first-order valence-corrected chi connectivity index (χ1v) is 13.0. The van der Waals surface area contributed by atoms with Gasteiger partial charge in [-0.15, -0.1) is 0 Å².